The molecule has 1 heteroatoms. The molecule has 0 amide bonds. The van der Waals surface area contributed by atoms with Crippen molar-refractivity contribution in [3.63, 3.8) is 0 Å². The Kier molecular flexibility index (Phi) is 11.6. The maximum Gasteiger partial charge on any atom is 0.0540 e. The third kappa shape index (κ3) is 8.11. The van der Waals surface area contributed by atoms with Crippen molar-refractivity contribution in [2.24, 2.45) is 0 Å². The first-order valence-corrected chi connectivity index (χ1v) is 26.6. The van der Waals surface area contributed by atoms with Crippen LogP contribution in [0, 0.1) is 0 Å². The minimum absolute atomic E-state index is 0.00681. The molecule has 0 fully saturated rings. The van der Waals surface area contributed by atoms with Gasteiger partial charge >= 0.3 is 0 Å². The Balaban J connectivity index is 1.11. The summed E-state index contributed by atoms with van der Waals surface area (Å²) in [5.74, 6) is 0. The minimum Gasteiger partial charge on any atom is -0.309 e. The molecule has 0 atom stereocenters. The molecule has 0 saturated heterocycles. The van der Waals surface area contributed by atoms with Gasteiger partial charge in [0.05, 0.1) is 11.4 Å². The molecular formula is C73H65N. The molecule has 0 radical (unpaired) electrons. The second-order valence-corrected chi connectivity index (χ2v) is 23.2. The molecule has 2 aliphatic rings. The first kappa shape index (κ1) is 47.0. The molecule has 12 rings (SSSR count). The summed E-state index contributed by atoms with van der Waals surface area (Å²) in [4.78, 5) is 2.55. The summed E-state index contributed by atoms with van der Waals surface area (Å²) >= 11 is 0. The second-order valence-electron chi connectivity index (χ2n) is 23.2. The number of para-hydroxylation sites is 2. The highest BCUT2D eigenvalue weighted by atomic mass is 15.1. The van der Waals surface area contributed by atoms with Gasteiger partial charge in [0.1, 0.15) is 0 Å². The van der Waals surface area contributed by atoms with Gasteiger partial charge in [0.15, 0.2) is 0 Å². The van der Waals surface area contributed by atoms with Crippen LogP contribution in [0.3, 0.4) is 0 Å². The average molecular weight is 956 g/mol. The van der Waals surface area contributed by atoms with Crippen LogP contribution in [0.1, 0.15) is 96.0 Å². The van der Waals surface area contributed by atoms with Gasteiger partial charge in [-0.1, -0.05) is 256 Å². The smallest absolute Gasteiger partial charge is 0.0540 e. The topological polar surface area (TPSA) is 3.24 Å². The van der Waals surface area contributed by atoms with Crippen molar-refractivity contribution in [3.05, 3.63) is 257 Å². The van der Waals surface area contributed by atoms with Crippen LogP contribution >= 0.6 is 0 Å². The van der Waals surface area contributed by atoms with Crippen LogP contribution in [-0.2, 0) is 16.2 Å². The maximum atomic E-state index is 2.55. The van der Waals surface area contributed by atoms with Gasteiger partial charge in [-0.25, -0.2) is 0 Å². The van der Waals surface area contributed by atoms with Crippen molar-refractivity contribution in [3.8, 4) is 55.6 Å². The quantitative estimate of drug-likeness (QED) is 0.147. The molecule has 0 saturated carbocycles. The van der Waals surface area contributed by atoms with Gasteiger partial charge in [-0.05, 0) is 147 Å². The number of rotatable bonds is 8. The highest BCUT2D eigenvalue weighted by Crippen LogP contribution is 2.53. The molecule has 0 spiro atoms. The molecule has 1 nitrogen and oxygen atoms in total. The Labute approximate surface area is 438 Å². The third-order valence-electron chi connectivity index (χ3n) is 16.1. The first-order valence-electron chi connectivity index (χ1n) is 26.6. The lowest BCUT2D eigenvalue weighted by molar-refractivity contribution is 0.569. The third-order valence-corrected chi connectivity index (χ3v) is 16.1. The van der Waals surface area contributed by atoms with Crippen molar-refractivity contribution in [1.82, 2.24) is 0 Å². The van der Waals surface area contributed by atoms with Crippen molar-refractivity contribution in [1.29, 1.82) is 0 Å². The van der Waals surface area contributed by atoms with E-state index < -0.39 is 0 Å². The zero-order valence-corrected chi connectivity index (χ0v) is 44.2. The lowest BCUT2D eigenvalue weighted by Crippen LogP contribution is -2.32. The Bertz CT molecular complexity index is 3890. The summed E-state index contributed by atoms with van der Waals surface area (Å²) in [6, 6.07) is 82.3. The van der Waals surface area contributed by atoms with Crippen molar-refractivity contribution < 1.29 is 0 Å². The van der Waals surface area contributed by atoms with Crippen molar-refractivity contribution in [2.75, 3.05) is 4.90 Å². The van der Waals surface area contributed by atoms with E-state index in [9.17, 15) is 0 Å². The number of nitrogens with zero attached hydrogens (tertiary/aromatic N) is 1. The molecule has 0 heterocycles. The highest BCUT2D eigenvalue weighted by molar-refractivity contribution is 6.09. The van der Waals surface area contributed by atoms with Gasteiger partial charge in [-0.2, -0.15) is 0 Å². The van der Waals surface area contributed by atoms with Crippen LogP contribution < -0.4 is 15.3 Å². The van der Waals surface area contributed by atoms with Crippen LogP contribution in [0.2, 0.25) is 0 Å². The summed E-state index contributed by atoms with van der Waals surface area (Å²) in [6.07, 6.45) is 4.36. The number of fused-ring (bicyclic) bond motifs is 5. The molecule has 10 aromatic rings. The second kappa shape index (κ2) is 18.2. The largest absolute Gasteiger partial charge is 0.309 e. The molecule has 0 aromatic heterocycles. The molecule has 2 aliphatic carbocycles. The van der Waals surface area contributed by atoms with E-state index in [1.165, 1.54) is 110 Å². The number of hydrogen-bond donors (Lipinski definition) is 0. The predicted octanol–water partition coefficient (Wildman–Crippen LogP) is 18.7. The van der Waals surface area contributed by atoms with E-state index in [1.54, 1.807) is 0 Å². The SMILES string of the molecule is CC(C)(C)c1cc(-c2cccc3c2=C(c2ccccc2N(c2ccc(-c4cccc5c4-c4ccccc4C5(C)C)cc2)c2ccccc2-c2cccc4cccc(-c5ccccc5)c24)CCC=3)cc(C(C)(C)C)c1. The summed E-state index contributed by atoms with van der Waals surface area (Å²) < 4.78 is 0. The van der Waals surface area contributed by atoms with Gasteiger partial charge in [-0.3, -0.25) is 0 Å². The van der Waals surface area contributed by atoms with E-state index in [2.05, 4.69) is 285 Å². The number of benzene rings is 10. The Morgan fingerprint density at radius 3 is 1.64 bits per heavy atom. The lowest BCUT2D eigenvalue weighted by Gasteiger charge is -2.31. The lowest BCUT2D eigenvalue weighted by atomic mass is 9.78. The number of hydrogen-bond acceptors (Lipinski definition) is 1. The van der Waals surface area contributed by atoms with E-state index in [0.717, 1.165) is 29.9 Å². The first-order chi connectivity index (χ1) is 35.8. The maximum absolute atomic E-state index is 2.55. The van der Waals surface area contributed by atoms with Gasteiger partial charge in [0, 0.05) is 22.2 Å². The molecule has 74 heavy (non-hydrogen) atoms. The summed E-state index contributed by atoms with van der Waals surface area (Å²) in [5.41, 5.74) is 24.0. The van der Waals surface area contributed by atoms with Crippen LogP contribution in [-0.4, -0.2) is 0 Å². The van der Waals surface area contributed by atoms with Crippen LogP contribution in [0.15, 0.2) is 218 Å². The standard InChI is InChI=1S/C73H65N/c1-71(2,3)53-45-52(46-54(47-53)72(4,5)6)58-33-19-26-51-28-21-36-62(69(51)58)60-30-14-17-40-67(60)74(55-43-41-49(42-44-55)57-34-22-38-65-70(57)63-31-12-15-37-64(63)73(65,7)8)66-39-16-13-29-59(66)61-35-20-27-50-25-18-32-56(68(50)61)48-23-10-9-11-24-48/h9-20,22-35,37-47H,21,36H2,1-8H3. The fourth-order valence-corrected chi connectivity index (χ4v) is 12.2. The fourth-order valence-electron chi connectivity index (χ4n) is 12.2. The van der Waals surface area contributed by atoms with Gasteiger partial charge in [-0.15, -0.1) is 0 Å². The molecule has 0 unspecified atom stereocenters. The normalized spacial score (nSPS) is 13.8. The molecule has 0 bridgehead atoms. The fraction of sp³-hybridized carbons (Fsp3) is 0.178. The summed E-state index contributed by atoms with van der Waals surface area (Å²) in [5, 5.41) is 5.11. The van der Waals surface area contributed by atoms with Crippen LogP contribution in [0.25, 0.3) is 78.1 Å². The predicted molar refractivity (Wildman–Crippen MR) is 317 cm³/mol. The average Bonchev–Trinajstić information content (AvgIpc) is 3.67. The minimum atomic E-state index is -0.0780. The Hall–Kier alpha value is -8.00. The molecule has 362 valence electrons. The Morgan fingerprint density at radius 1 is 0.405 bits per heavy atom. The van der Waals surface area contributed by atoms with Gasteiger partial charge < -0.3 is 4.90 Å². The highest BCUT2D eigenvalue weighted by Gasteiger charge is 2.36. The summed E-state index contributed by atoms with van der Waals surface area (Å²) in [7, 11) is 0. The van der Waals surface area contributed by atoms with Gasteiger partial charge in [0.2, 0.25) is 0 Å². The van der Waals surface area contributed by atoms with E-state index >= 15 is 0 Å². The monoisotopic (exact) mass is 956 g/mol. The molecular weight excluding hydrogens is 891 g/mol. The number of anilines is 3. The van der Waals surface area contributed by atoms with E-state index in [1.807, 2.05) is 0 Å². The van der Waals surface area contributed by atoms with E-state index in [4.69, 9.17) is 0 Å². The molecule has 10 aromatic carbocycles. The van der Waals surface area contributed by atoms with E-state index in [0.29, 0.717) is 0 Å². The Morgan fingerprint density at radius 2 is 0.932 bits per heavy atom. The van der Waals surface area contributed by atoms with Gasteiger partial charge in [0.25, 0.3) is 0 Å². The zero-order valence-electron chi connectivity index (χ0n) is 44.2. The van der Waals surface area contributed by atoms with Crippen LogP contribution in [0.4, 0.5) is 17.1 Å². The van der Waals surface area contributed by atoms with Crippen molar-refractivity contribution >= 4 is 39.5 Å². The van der Waals surface area contributed by atoms with Crippen molar-refractivity contribution in [2.45, 2.75) is 84.5 Å². The van der Waals surface area contributed by atoms with Crippen LogP contribution in [0.5, 0.6) is 0 Å². The molecule has 0 aliphatic heterocycles. The summed E-state index contributed by atoms with van der Waals surface area (Å²) in [6.45, 7) is 18.8. The molecule has 0 N–H and O–H groups in total. The zero-order chi connectivity index (χ0) is 50.9. The van der Waals surface area contributed by atoms with E-state index in [-0.39, 0.29) is 16.2 Å².